The van der Waals surface area contributed by atoms with Crippen molar-refractivity contribution in [1.29, 1.82) is 0 Å². The van der Waals surface area contributed by atoms with E-state index in [-0.39, 0.29) is 5.91 Å². The molecule has 0 saturated carbocycles. The normalized spacial score (nSPS) is 12.9. The van der Waals surface area contributed by atoms with Gasteiger partial charge in [-0.05, 0) is 18.8 Å². The summed E-state index contributed by atoms with van der Waals surface area (Å²) >= 11 is 3.43. The van der Waals surface area contributed by atoms with Crippen LogP contribution in [0.5, 0.6) is 0 Å². The number of carbonyl (C=O) groups excluding carboxylic acids is 1. The Bertz CT molecular complexity index is 159. The summed E-state index contributed by atoms with van der Waals surface area (Å²) in [5, 5.41) is 3.90. The van der Waals surface area contributed by atoms with Crippen LogP contribution in [0.4, 0.5) is 0 Å². The van der Waals surface area contributed by atoms with E-state index >= 15 is 0 Å². The molecule has 0 aromatic heterocycles. The Hall–Kier alpha value is -0.0500. The van der Waals surface area contributed by atoms with Gasteiger partial charge in [0.25, 0.3) is 0 Å². The highest BCUT2D eigenvalue weighted by Gasteiger charge is 2.11. The number of carbonyl (C=O) groups is 1. The molecule has 1 unspecified atom stereocenters. The summed E-state index contributed by atoms with van der Waals surface area (Å²) in [5.41, 5.74) is 0. The van der Waals surface area contributed by atoms with Gasteiger partial charge in [0.1, 0.15) is 0 Å². The first kappa shape index (κ1) is 13.9. The van der Waals surface area contributed by atoms with Crippen molar-refractivity contribution in [2.45, 2.75) is 52.5 Å². The molecule has 3 heteroatoms. The topological polar surface area (TPSA) is 29.1 Å². The van der Waals surface area contributed by atoms with Gasteiger partial charge in [-0.1, -0.05) is 43.1 Å². The molecule has 0 aromatic carbocycles. The Balaban J connectivity index is 3.74. The van der Waals surface area contributed by atoms with E-state index in [2.05, 4.69) is 42.0 Å². The summed E-state index contributed by atoms with van der Waals surface area (Å²) in [7, 11) is 0. The van der Waals surface area contributed by atoms with Crippen LogP contribution in [0.15, 0.2) is 0 Å². The van der Waals surface area contributed by atoms with Crippen molar-refractivity contribution in [1.82, 2.24) is 5.32 Å². The second-order valence-corrected chi connectivity index (χ2v) is 4.80. The molecular formula is C11H22BrNO. The number of amides is 1. The van der Waals surface area contributed by atoms with Gasteiger partial charge in [0.2, 0.25) is 5.91 Å². The van der Waals surface area contributed by atoms with Gasteiger partial charge in [0.15, 0.2) is 0 Å². The van der Waals surface area contributed by atoms with Crippen molar-refractivity contribution in [3.8, 4) is 0 Å². The molecule has 0 aliphatic rings. The smallest absolute Gasteiger partial charge is 0.220 e. The third-order valence-electron chi connectivity index (χ3n) is 2.06. The van der Waals surface area contributed by atoms with E-state index in [1.165, 1.54) is 0 Å². The summed E-state index contributed by atoms with van der Waals surface area (Å²) in [6.07, 6.45) is 3.78. The zero-order chi connectivity index (χ0) is 11.0. The molecule has 14 heavy (non-hydrogen) atoms. The Morgan fingerprint density at radius 2 is 2.07 bits per heavy atom. The number of rotatable bonds is 7. The van der Waals surface area contributed by atoms with Crippen molar-refractivity contribution in [3.05, 3.63) is 0 Å². The lowest BCUT2D eigenvalue weighted by Gasteiger charge is -2.18. The lowest BCUT2D eigenvalue weighted by Crippen LogP contribution is -2.36. The molecule has 1 atom stereocenters. The first-order valence-corrected chi connectivity index (χ1v) is 6.57. The second-order valence-electron chi connectivity index (χ2n) is 4.15. The third-order valence-corrected chi connectivity index (χ3v) is 2.85. The minimum atomic E-state index is 0.192. The van der Waals surface area contributed by atoms with Crippen LogP contribution in [0.25, 0.3) is 0 Å². The van der Waals surface area contributed by atoms with Crippen molar-refractivity contribution >= 4 is 21.8 Å². The van der Waals surface area contributed by atoms with Crippen LogP contribution in [0.1, 0.15) is 46.5 Å². The largest absolute Gasteiger partial charge is 0.353 e. The van der Waals surface area contributed by atoms with E-state index < -0.39 is 0 Å². The molecule has 0 spiro atoms. The van der Waals surface area contributed by atoms with Gasteiger partial charge in [-0.15, -0.1) is 0 Å². The summed E-state index contributed by atoms with van der Waals surface area (Å²) in [6.45, 7) is 6.45. The SMILES string of the molecule is CCCCC(=O)NC(CBr)CC(C)C. The van der Waals surface area contributed by atoms with Gasteiger partial charge in [-0.25, -0.2) is 0 Å². The summed E-state index contributed by atoms with van der Waals surface area (Å²) in [6, 6.07) is 0.291. The van der Waals surface area contributed by atoms with Crippen LogP contribution in [-0.4, -0.2) is 17.3 Å². The van der Waals surface area contributed by atoms with Crippen LogP contribution in [0.3, 0.4) is 0 Å². The van der Waals surface area contributed by atoms with Crippen LogP contribution in [0, 0.1) is 5.92 Å². The van der Waals surface area contributed by atoms with E-state index in [0.717, 1.165) is 24.6 Å². The van der Waals surface area contributed by atoms with Crippen molar-refractivity contribution in [3.63, 3.8) is 0 Å². The molecule has 0 fully saturated rings. The number of hydrogen-bond acceptors (Lipinski definition) is 1. The predicted octanol–water partition coefficient (Wildman–Crippen LogP) is 3.10. The minimum absolute atomic E-state index is 0.192. The highest BCUT2D eigenvalue weighted by atomic mass is 79.9. The number of halogens is 1. The molecule has 2 nitrogen and oxygen atoms in total. The fourth-order valence-electron chi connectivity index (χ4n) is 1.37. The molecule has 1 N–H and O–H groups in total. The quantitative estimate of drug-likeness (QED) is 0.703. The van der Waals surface area contributed by atoms with E-state index in [9.17, 15) is 4.79 Å². The first-order chi connectivity index (χ1) is 6.60. The van der Waals surface area contributed by atoms with Crippen molar-refractivity contribution < 1.29 is 4.79 Å². The highest BCUT2D eigenvalue weighted by molar-refractivity contribution is 9.09. The minimum Gasteiger partial charge on any atom is -0.353 e. The third kappa shape index (κ3) is 7.36. The summed E-state index contributed by atoms with van der Waals surface area (Å²) in [4.78, 5) is 11.4. The van der Waals surface area contributed by atoms with Gasteiger partial charge in [0, 0.05) is 17.8 Å². The fraction of sp³-hybridized carbons (Fsp3) is 0.909. The number of nitrogens with one attached hydrogen (secondary N) is 1. The molecule has 0 rings (SSSR count). The Kier molecular flexibility index (Phi) is 8.24. The van der Waals surface area contributed by atoms with E-state index in [1.54, 1.807) is 0 Å². The monoisotopic (exact) mass is 263 g/mol. The molecule has 0 heterocycles. The Morgan fingerprint density at radius 1 is 1.43 bits per heavy atom. The van der Waals surface area contributed by atoms with Crippen LogP contribution in [0.2, 0.25) is 0 Å². The average molecular weight is 264 g/mol. The molecular weight excluding hydrogens is 242 g/mol. The molecule has 0 saturated heterocycles. The Labute approximate surface area is 96.0 Å². The Morgan fingerprint density at radius 3 is 2.50 bits per heavy atom. The molecule has 0 aliphatic carbocycles. The first-order valence-electron chi connectivity index (χ1n) is 5.45. The molecule has 1 amide bonds. The van der Waals surface area contributed by atoms with Crippen molar-refractivity contribution in [2.75, 3.05) is 5.33 Å². The lowest BCUT2D eigenvalue weighted by atomic mass is 10.1. The standard InChI is InChI=1S/C11H22BrNO/c1-4-5-6-11(14)13-10(8-12)7-9(2)3/h9-10H,4-8H2,1-3H3,(H,13,14). The maximum atomic E-state index is 11.4. The number of alkyl halides is 1. The van der Waals surface area contributed by atoms with Gasteiger partial charge in [0.05, 0.1) is 0 Å². The molecule has 0 aromatic rings. The maximum Gasteiger partial charge on any atom is 0.220 e. The number of unbranched alkanes of at least 4 members (excludes halogenated alkanes) is 1. The second kappa shape index (κ2) is 8.27. The van der Waals surface area contributed by atoms with E-state index in [4.69, 9.17) is 0 Å². The summed E-state index contributed by atoms with van der Waals surface area (Å²) < 4.78 is 0. The van der Waals surface area contributed by atoms with Gasteiger partial charge >= 0.3 is 0 Å². The van der Waals surface area contributed by atoms with Crippen LogP contribution in [-0.2, 0) is 4.79 Å². The maximum absolute atomic E-state index is 11.4. The van der Waals surface area contributed by atoms with Crippen LogP contribution < -0.4 is 5.32 Å². The predicted molar refractivity (Wildman–Crippen MR) is 64.7 cm³/mol. The lowest BCUT2D eigenvalue weighted by molar-refractivity contribution is -0.121. The average Bonchev–Trinajstić information content (AvgIpc) is 2.12. The van der Waals surface area contributed by atoms with Crippen molar-refractivity contribution in [2.24, 2.45) is 5.92 Å². The fourth-order valence-corrected chi connectivity index (χ4v) is 1.79. The van der Waals surface area contributed by atoms with E-state index in [0.29, 0.717) is 18.4 Å². The molecule has 84 valence electrons. The van der Waals surface area contributed by atoms with Crippen LogP contribution >= 0.6 is 15.9 Å². The number of hydrogen-bond donors (Lipinski definition) is 1. The zero-order valence-electron chi connectivity index (χ0n) is 9.48. The van der Waals surface area contributed by atoms with Gasteiger partial charge in [-0.3, -0.25) is 4.79 Å². The van der Waals surface area contributed by atoms with E-state index in [1.807, 2.05) is 0 Å². The molecule has 0 radical (unpaired) electrons. The zero-order valence-corrected chi connectivity index (χ0v) is 11.1. The highest BCUT2D eigenvalue weighted by Crippen LogP contribution is 2.07. The molecule has 0 aliphatic heterocycles. The van der Waals surface area contributed by atoms with Gasteiger partial charge < -0.3 is 5.32 Å². The molecule has 0 bridgehead atoms. The summed E-state index contributed by atoms with van der Waals surface area (Å²) in [5.74, 6) is 0.820. The van der Waals surface area contributed by atoms with Gasteiger partial charge in [-0.2, -0.15) is 0 Å².